The molecule has 0 amide bonds. The van der Waals surface area contributed by atoms with Crippen molar-refractivity contribution in [3.63, 3.8) is 0 Å². The molecule has 96 valence electrons. The molecule has 1 aliphatic rings. The van der Waals surface area contributed by atoms with E-state index in [1.165, 1.54) is 6.07 Å². The number of halogens is 3. The first-order valence-electron chi connectivity index (χ1n) is 5.01. The molecule has 5 nitrogen and oxygen atoms in total. The average Bonchev–Trinajstić information content (AvgIpc) is 2.99. The standard InChI is InChI=1S/C10H8F3N3O2/c1-18-8(17)9(2-3-9)16-5-6(4-14)7(15-16)10(11,12)13/h5H,2-3H2,1H3. The van der Waals surface area contributed by atoms with Gasteiger partial charge in [0.1, 0.15) is 11.6 Å². The Hall–Kier alpha value is -2.04. The van der Waals surface area contributed by atoms with Crippen molar-refractivity contribution in [3.8, 4) is 6.07 Å². The maximum absolute atomic E-state index is 12.6. The molecule has 0 aromatic carbocycles. The number of carbonyl (C=O) groups is 1. The van der Waals surface area contributed by atoms with Crippen LogP contribution in [0.3, 0.4) is 0 Å². The number of esters is 1. The van der Waals surface area contributed by atoms with Gasteiger partial charge in [0.25, 0.3) is 0 Å². The van der Waals surface area contributed by atoms with Crippen LogP contribution in [0.25, 0.3) is 0 Å². The Morgan fingerprint density at radius 1 is 1.61 bits per heavy atom. The lowest BCUT2D eigenvalue weighted by molar-refractivity contribution is -0.148. The number of rotatable bonds is 2. The minimum Gasteiger partial charge on any atom is -0.467 e. The summed E-state index contributed by atoms with van der Waals surface area (Å²) >= 11 is 0. The van der Waals surface area contributed by atoms with Crippen LogP contribution < -0.4 is 0 Å². The lowest BCUT2D eigenvalue weighted by Crippen LogP contribution is -2.29. The molecular formula is C10H8F3N3O2. The number of carbonyl (C=O) groups excluding carboxylic acids is 1. The van der Waals surface area contributed by atoms with E-state index in [4.69, 9.17) is 5.26 Å². The van der Waals surface area contributed by atoms with Gasteiger partial charge in [-0.15, -0.1) is 0 Å². The molecule has 8 heteroatoms. The Morgan fingerprint density at radius 3 is 2.56 bits per heavy atom. The smallest absolute Gasteiger partial charge is 0.436 e. The number of hydrogen-bond donors (Lipinski definition) is 0. The van der Waals surface area contributed by atoms with Gasteiger partial charge < -0.3 is 4.74 Å². The van der Waals surface area contributed by atoms with Crippen LogP contribution in [0.5, 0.6) is 0 Å². The summed E-state index contributed by atoms with van der Waals surface area (Å²) in [5.41, 5.74) is -3.05. The summed E-state index contributed by atoms with van der Waals surface area (Å²) in [7, 11) is 1.15. The van der Waals surface area contributed by atoms with E-state index < -0.39 is 28.9 Å². The summed E-state index contributed by atoms with van der Waals surface area (Å²) in [6.07, 6.45) is -3.08. The maximum atomic E-state index is 12.6. The van der Waals surface area contributed by atoms with Crippen LogP contribution in [-0.4, -0.2) is 22.9 Å². The first-order valence-corrected chi connectivity index (χ1v) is 5.01. The Balaban J connectivity index is 2.47. The second-order valence-corrected chi connectivity index (χ2v) is 3.97. The second-order valence-electron chi connectivity index (χ2n) is 3.97. The summed E-state index contributed by atoms with van der Waals surface area (Å²) in [5.74, 6) is -0.650. The van der Waals surface area contributed by atoms with E-state index in [9.17, 15) is 18.0 Å². The summed E-state index contributed by atoms with van der Waals surface area (Å²) in [4.78, 5) is 11.5. The van der Waals surface area contributed by atoms with E-state index in [2.05, 4.69) is 9.84 Å². The highest BCUT2D eigenvalue weighted by Crippen LogP contribution is 2.45. The van der Waals surface area contributed by atoms with Gasteiger partial charge in [-0.25, -0.2) is 4.79 Å². The largest absolute Gasteiger partial charge is 0.467 e. The predicted octanol–water partition coefficient (Wildman–Crippen LogP) is 1.44. The number of methoxy groups -OCH3 is 1. The quantitative estimate of drug-likeness (QED) is 0.753. The van der Waals surface area contributed by atoms with Gasteiger partial charge >= 0.3 is 12.1 Å². The summed E-state index contributed by atoms with van der Waals surface area (Å²) in [6.45, 7) is 0. The number of hydrogen-bond acceptors (Lipinski definition) is 4. The van der Waals surface area contributed by atoms with E-state index in [-0.39, 0.29) is 0 Å². The molecule has 0 radical (unpaired) electrons. The molecule has 1 aliphatic carbocycles. The highest BCUT2D eigenvalue weighted by atomic mass is 19.4. The predicted molar refractivity (Wildman–Crippen MR) is 51.2 cm³/mol. The third-order valence-electron chi connectivity index (χ3n) is 2.83. The van der Waals surface area contributed by atoms with Crippen LogP contribution in [0.2, 0.25) is 0 Å². The number of ether oxygens (including phenoxy) is 1. The van der Waals surface area contributed by atoms with Gasteiger partial charge in [-0.1, -0.05) is 0 Å². The molecule has 0 spiro atoms. The summed E-state index contributed by atoms with van der Waals surface area (Å²) in [6, 6.07) is 1.42. The third-order valence-corrected chi connectivity index (χ3v) is 2.83. The van der Waals surface area contributed by atoms with Gasteiger partial charge in [0, 0.05) is 6.20 Å². The number of nitrogens with zero attached hydrogens (tertiary/aromatic N) is 3. The van der Waals surface area contributed by atoms with Gasteiger partial charge in [0.15, 0.2) is 11.2 Å². The second kappa shape index (κ2) is 3.73. The van der Waals surface area contributed by atoms with Gasteiger partial charge in [-0.05, 0) is 12.8 Å². The molecule has 18 heavy (non-hydrogen) atoms. The maximum Gasteiger partial charge on any atom is 0.436 e. The Kier molecular flexibility index (Phi) is 2.57. The van der Waals surface area contributed by atoms with Crippen molar-refractivity contribution in [2.45, 2.75) is 24.6 Å². The Morgan fingerprint density at radius 2 is 2.22 bits per heavy atom. The zero-order valence-electron chi connectivity index (χ0n) is 9.28. The summed E-state index contributed by atoms with van der Waals surface area (Å²) < 4.78 is 43.2. The molecule has 1 saturated carbocycles. The highest BCUT2D eigenvalue weighted by Gasteiger charge is 2.55. The van der Waals surface area contributed by atoms with Crippen molar-refractivity contribution in [1.82, 2.24) is 9.78 Å². The van der Waals surface area contributed by atoms with E-state index in [0.29, 0.717) is 12.8 Å². The van der Waals surface area contributed by atoms with Gasteiger partial charge in [0.05, 0.1) is 7.11 Å². The van der Waals surface area contributed by atoms with Gasteiger partial charge in [-0.2, -0.15) is 23.5 Å². The van der Waals surface area contributed by atoms with Crippen molar-refractivity contribution in [2.75, 3.05) is 7.11 Å². The molecular weight excluding hydrogens is 251 g/mol. The van der Waals surface area contributed by atoms with Crippen LogP contribution in [0.1, 0.15) is 24.1 Å². The fourth-order valence-corrected chi connectivity index (χ4v) is 1.72. The van der Waals surface area contributed by atoms with Crippen LogP contribution in [0, 0.1) is 11.3 Å². The first-order chi connectivity index (χ1) is 8.35. The van der Waals surface area contributed by atoms with E-state index >= 15 is 0 Å². The lowest BCUT2D eigenvalue weighted by Gasteiger charge is -2.12. The van der Waals surface area contributed by atoms with Crippen LogP contribution in [-0.2, 0) is 21.2 Å². The SMILES string of the molecule is COC(=O)C1(n2cc(C#N)c(C(F)(F)F)n2)CC1. The van der Waals surface area contributed by atoms with E-state index in [0.717, 1.165) is 18.0 Å². The molecule has 0 aliphatic heterocycles. The van der Waals surface area contributed by atoms with Gasteiger partial charge in [-0.3, -0.25) is 4.68 Å². The first kappa shape index (κ1) is 12.4. The average molecular weight is 259 g/mol. The highest BCUT2D eigenvalue weighted by molar-refractivity contribution is 5.81. The molecule has 1 aromatic rings. The Labute approximate surface area is 99.8 Å². The van der Waals surface area contributed by atoms with Crippen molar-refractivity contribution in [2.24, 2.45) is 0 Å². The van der Waals surface area contributed by atoms with Crippen LogP contribution in [0.15, 0.2) is 6.20 Å². The molecule has 1 heterocycles. The fraction of sp³-hybridized carbons (Fsp3) is 0.500. The molecule has 0 atom stereocenters. The van der Waals surface area contributed by atoms with Gasteiger partial charge in [0.2, 0.25) is 0 Å². The zero-order valence-corrected chi connectivity index (χ0v) is 9.28. The topological polar surface area (TPSA) is 67.9 Å². The molecule has 1 fully saturated rings. The monoisotopic (exact) mass is 259 g/mol. The fourth-order valence-electron chi connectivity index (χ4n) is 1.72. The van der Waals surface area contributed by atoms with Crippen LogP contribution in [0.4, 0.5) is 13.2 Å². The number of nitriles is 1. The molecule has 0 unspecified atom stereocenters. The van der Waals surface area contributed by atoms with Crippen molar-refractivity contribution in [1.29, 1.82) is 5.26 Å². The van der Waals surface area contributed by atoms with Crippen LogP contribution >= 0.6 is 0 Å². The number of alkyl halides is 3. The lowest BCUT2D eigenvalue weighted by atomic mass is 10.2. The summed E-state index contributed by atoms with van der Waals surface area (Å²) in [5, 5.41) is 12.0. The van der Waals surface area contributed by atoms with Crippen molar-refractivity contribution >= 4 is 5.97 Å². The van der Waals surface area contributed by atoms with E-state index in [1.807, 2.05) is 0 Å². The molecule has 0 bridgehead atoms. The molecule has 0 N–H and O–H groups in total. The molecule has 2 rings (SSSR count). The molecule has 0 saturated heterocycles. The van der Waals surface area contributed by atoms with E-state index in [1.54, 1.807) is 0 Å². The normalized spacial score (nSPS) is 17.1. The van der Waals surface area contributed by atoms with Crippen molar-refractivity contribution < 1.29 is 22.7 Å². The molecule has 1 aromatic heterocycles. The van der Waals surface area contributed by atoms with Crippen molar-refractivity contribution in [3.05, 3.63) is 17.5 Å². The zero-order chi connectivity index (χ0) is 13.6. The Bertz CT molecular complexity index is 538. The third kappa shape index (κ3) is 1.72. The minimum absolute atomic E-state index is 0.351. The minimum atomic E-state index is -4.72. The number of aromatic nitrogens is 2.